The summed E-state index contributed by atoms with van der Waals surface area (Å²) in [5, 5.41) is 2.62. The molecular weight excluding hydrogens is 396 g/mol. The second-order valence-corrected chi connectivity index (χ2v) is 6.06. The zero-order valence-electron chi connectivity index (χ0n) is 14.9. The first-order valence-electron chi connectivity index (χ1n) is 8.24. The summed E-state index contributed by atoms with van der Waals surface area (Å²) in [7, 11) is 0. The normalized spacial score (nSPS) is 10.1. The molecule has 0 aliphatic carbocycles. The van der Waals surface area contributed by atoms with E-state index in [1.54, 1.807) is 36.4 Å². The molecular formula is C19H16N4O5S. The lowest BCUT2D eigenvalue weighted by Gasteiger charge is -2.17. The fourth-order valence-electron chi connectivity index (χ4n) is 2.32. The monoisotopic (exact) mass is 412 g/mol. The number of ether oxygens (including phenoxy) is 1. The minimum Gasteiger partial charge on any atom is -0.457 e. The third-order valence-electron chi connectivity index (χ3n) is 3.71. The van der Waals surface area contributed by atoms with Crippen LogP contribution in [0.1, 0.15) is 20.9 Å². The van der Waals surface area contributed by atoms with Gasteiger partial charge in [-0.3, -0.25) is 10.2 Å². The van der Waals surface area contributed by atoms with E-state index in [9.17, 15) is 14.4 Å². The van der Waals surface area contributed by atoms with E-state index in [4.69, 9.17) is 15.0 Å². The number of amides is 3. The van der Waals surface area contributed by atoms with Gasteiger partial charge < -0.3 is 14.5 Å². The number of hydrogen-bond donors (Lipinski definition) is 4. The van der Waals surface area contributed by atoms with Crippen LogP contribution in [0.4, 0.5) is 16.2 Å². The number of furan rings is 1. The lowest BCUT2D eigenvalue weighted by molar-refractivity contribution is 0.0701. The standard InChI is InChI=1S/C19H16N4O5S/c20-22-17(24)12-3-1-4-13(11-12)21-19(26)23(29)14-6-8-15(9-7-14)28-18(25)16-5-2-10-27-16/h1-11,29H,20H2,(H,21,26)(H,22,24). The second kappa shape index (κ2) is 8.95. The van der Waals surface area contributed by atoms with Crippen molar-refractivity contribution < 1.29 is 23.5 Å². The number of carbonyl (C=O) groups is 3. The largest absolute Gasteiger partial charge is 0.457 e. The average Bonchev–Trinajstić information content (AvgIpc) is 3.28. The van der Waals surface area contributed by atoms with Crippen LogP contribution in [0.15, 0.2) is 71.3 Å². The van der Waals surface area contributed by atoms with E-state index in [0.717, 1.165) is 4.31 Å². The number of carbonyl (C=O) groups excluding carboxylic acids is 3. The molecule has 3 rings (SSSR count). The van der Waals surface area contributed by atoms with Crippen LogP contribution in [0.25, 0.3) is 0 Å². The zero-order valence-corrected chi connectivity index (χ0v) is 15.8. The number of urea groups is 1. The van der Waals surface area contributed by atoms with Crippen molar-refractivity contribution in [3.8, 4) is 5.75 Å². The van der Waals surface area contributed by atoms with Crippen molar-refractivity contribution in [3.63, 3.8) is 0 Å². The van der Waals surface area contributed by atoms with Crippen LogP contribution in [0.5, 0.6) is 5.75 Å². The molecule has 10 heteroatoms. The Morgan fingerprint density at radius 2 is 1.79 bits per heavy atom. The minimum absolute atomic E-state index is 0.0785. The molecule has 9 nitrogen and oxygen atoms in total. The second-order valence-electron chi connectivity index (χ2n) is 5.66. The molecule has 4 N–H and O–H groups in total. The molecule has 0 atom stereocenters. The van der Waals surface area contributed by atoms with E-state index >= 15 is 0 Å². The number of nitrogens with two attached hydrogens (primary N) is 1. The molecule has 0 bridgehead atoms. The van der Waals surface area contributed by atoms with Gasteiger partial charge in [0, 0.05) is 11.3 Å². The van der Waals surface area contributed by atoms with Crippen molar-refractivity contribution >= 4 is 42.1 Å². The highest BCUT2D eigenvalue weighted by atomic mass is 32.1. The Balaban J connectivity index is 1.64. The summed E-state index contributed by atoms with van der Waals surface area (Å²) in [6.07, 6.45) is 1.37. The third kappa shape index (κ3) is 4.94. The molecule has 2 aromatic carbocycles. The molecule has 1 aromatic heterocycles. The Bertz CT molecular complexity index is 1020. The number of nitrogens with zero attached hydrogens (tertiary/aromatic N) is 1. The summed E-state index contributed by atoms with van der Waals surface area (Å²) in [6, 6.07) is 14.9. The average molecular weight is 412 g/mol. The number of rotatable bonds is 5. The smallest absolute Gasteiger partial charge is 0.379 e. The summed E-state index contributed by atoms with van der Waals surface area (Å²) in [5.74, 6) is 4.34. The van der Waals surface area contributed by atoms with Gasteiger partial charge >= 0.3 is 12.0 Å². The van der Waals surface area contributed by atoms with Crippen LogP contribution in [0.2, 0.25) is 0 Å². The molecule has 0 saturated heterocycles. The molecule has 1 heterocycles. The van der Waals surface area contributed by atoms with E-state index in [-0.39, 0.29) is 11.5 Å². The predicted octanol–water partition coefficient (Wildman–Crippen LogP) is 2.99. The van der Waals surface area contributed by atoms with E-state index in [2.05, 4.69) is 18.1 Å². The maximum absolute atomic E-state index is 12.4. The van der Waals surface area contributed by atoms with Gasteiger partial charge in [0.25, 0.3) is 5.91 Å². The fraction of sp³-hybridized carbons (Fsp3) is 0. The van der Waals surface area contributed by atoms with E-state index in [0.29, 0.717) is 16.9 Å². The van der Waals surface area contributed by atoms with Crippen molar-refractivity contribution in [2.45, 2.75) is 0 Å². The number of thiol groups is 1. The van der Waals surface area contributed by atoms with Gasteiger partial charge in [-0.05, 0) is 54.6 Å². The first-order chi connectivity index (χ1) is 14.0. The van der Waals surface area contributed by atoms with Crippen molar-refractivity contribution in [1.82, 2.24) is 5.43 Å². The van der Waals surface area contributed by atoms with Crippen LogP contribution in [-0.2, 0) is 0 Å². The minimum atomic E-state index is -0.635. The van der Waals surface area contributed by atoms with Gasteiger partial charge in [-0.25, -0.2) is 19.7 Å². The Morgan fingerprint density at radius 1 is 1.03 bits per heavy atom. The van der Waals surface area contributed by atoms with Crippen LogP contribution in [-0.4, -0.2) is 17.9 Å². The number of nitrogen functional groups attached to an aromatic ring is 1. The first kappa shape index (κ1) is 20.0. The van der Waals surface area contributed by atoms with Crippen LogP contribution in [0, 0.1) is 0 Å². The summed E-state index contributed by atoms with van der Waals surface area (Å²) in [6.45, 7) is 0. The summed E-state index contributed by atoms with van der Waals surface area (Å²) >= 11 is 4.18. The van der Waals surface area contributed by atoms with E-state index in [1.807, 2.05) is 5.43 Å². The van der Waals surface area contributed by atoms with E-state index in [1.165, 1.54) is 30.5 Å². The highest BCUT2D eigenvalue weighted by molar-refractivity contribution is 7.82. The quantitative estimate of drug-likeness (QED) is 0.127. The molecule has 148 valence electrons. The summed E-state index contributed by atoms with van der Waals surface area (Å²) in [5.41, 5.74) is 3.13. The summed E-state index contributed by atoms with van der Waals surface area (Å²) in [4.78, 5) is 35.8. The highest BCUT2D eigenvalue weighted by Gasteiger charge is 2.15. The fourth-order valence-corrected chi connectivity index (χ4v) is 2.51. The molecule has 0 aliphatic rings. The molecule has 0 spiro atoms. The van der Waals surface area contributed by atoms with Gasteiger partial charge in [-0.1, -0.05) is 18.9 Å². The van der Waals surface area contributed by atoms with Crippen LogP contribution >= 0.6 is 12.8 Å². The number of anilines is 2. The van der Waals surface area contributed by atoms with Crippen molar-refractivity contribution in [2.75, 3.05) is 9.62 Å². The van der Waals surface area contributed by atoms with Gasteiger partial charge in [0.15, 0.2) is 0 Å². The maximum Gasteiger partial charge on any atom is 0.379 e. The van der Waals surface area contributed by atoms with Crippen molar-refractivity contribution in [3.05, 3.63) is 78.3 Å². The topological polar surface area (TPSA) is 127 Å². The van der Waals surface area contributed by atoms with E-state index < -0.39 is 17.9 Å². The number of nitrogens with one attached hydrogen (secondary N) is 2. The lowest BCUT2D eigenvalue weighted by atomic mass is 10.2. The number of hydrogen-bond acceptors (Lipinski definition) is 7. The molecule has 0 unspecified atom stereocenters. The lowest BCUT2D eigenvalue weighted by Crippen LogP contribution is -2.30. The van der Waals surface area contributed by atoms with Crippen molar-refractivity contribution in [1.29, 1.82) is 0 Å². The SMILES string of the molecule is NNC(=O)c1cccc(NC(=O)N(S)c2ccc(OC(=O)c3ccco3)cc2)c1. The maximum atomic E-state index is 12.4. The molecule has 3 amide bonds. The Kier molecular flexibility index (Phi) is 6.17. The van der Waals surface area contributed by atoms with Gasteiger partial charge in [-0.2, -0.15) is 0 Å². The van der Waals surface area contributed by atoms with Crippen LogP contribution < -0.4 is 25.6 Å². The number of benzene rings is 2. The van der Waals surface area contributed by atoms with Gasteiger partial charge in [0.2, 0.25) is 5.76 Å². The molecule has 0 fully saturated rings. The predicted molar refractivity (Wildman–Crippen MR) is 109 cm³/mol. The van der Waals surface area contributed by atoms with Crippen LogP contribution in [0.3, 0.4) is 0 Å². The Hall–Kier alpha value is -3.76. The first-order valence-corrected chi connectivity index (χ1v) is 8.64. The Morgan fingerprint density at radius 3 is 2.45 bits per heavy atom. The van der Waals surface area contributed by atoms with Gasteiger partial charge in [-0.15, -0.1) is 0 Å². The highest BCUT2D eigenvalue weighted by Crippen LogP contribution is 2.23. The zero-order chi connectivity index (χ0) is 20.8. The van der Waals surface area contributed by atoms with Crippen molar-refractivity contribution in [2.24, 2.45) is 5.84 Å². The number of esters is 1. The molecule has 0 radical (unpaired) electrons. The molecule has 0 aliphatic heterocycles. The third-order valence-corrected chi connectivity index (χ3v) is 4.13. The molecule has 0 saturated carbocycles. The van der Waals surface area contributed by atoms with Gasteiger partial charge in [0.1, 0.15) is 5.75 Å². The molecule has 29 heavy (non-hydrogen) atoms. The number of hydrazine groups is 1. The Labute approximate surface area is 170 Å². The summed E-state index contributed by atoms with van der Waals surface area (Å²) < 4.78 is 11.2. The van der Waals surface area contributed by atoms with Gasteiger partial charge in [0.05, 0.1) is 12.0 Å². The molecule has 3 aromatic rings.